The van der Waals surface area contributed by atoms with Crippen LogP contribution in [-0.4, -0.2) is 35.0 Å². The van der Waals surface area contributed by atoms with E-state index in [4.69, 9.17) is 14.7 Å². The van der Waals surface area contributed by atoms with Gasteiger partial charge >= 0.3 is 78.6 Å². The summed E-state index contributed by atoms with van der Waals surface area (Å²) in [5, 5.41) is 0. The Morgan fingerprint density at radius 3 is 1.75 bits per heavy atom. The van der Waals surface area contributed by atoms with Gasteiger partial charge in [0.25, 0.3) is 0 Å². The van der Waals surface area contributed by atoms with Gasteiger partial charge < -0.3 is 0 Å². The Hall–Kier alpha value is 0.554. The van der Waals surface area contributed by atoms with Crippen molar-refractivity contribution in [2.75, 3.05) is 35.0 Å². The molecule has 0 unspecified atom stereocenters. The summed E-state index contributed by atoms with van der Waals surface area (Å²) in [5.74, 6) is 0. The molecule has 0 aromatic heterocycles. The predicted octanol–water partition coefficient (Wildman–Crippen LogP) is 1.28. The molecule has 0 saturated heterocycles. The molecule has 0 aromatic rings. The summed E-state index contributed by atoms with van der Waals surface area (Å²) in [5.41, 5.74) is 0. The van der Waals surface area contributed by atoms with Crippen molar-refractivity contribution in [3.63, 3.8) is 0 Å². The summed E-state index contributed by atoms with van der Waals surface area (Å²) in [6.45, 7) is 0.725. The molecular weight excluding hydrogens is 196 g/mol. The van der Waals surface area contributed by atoms with Crippen LogP contribution < -0.4 is 0 Å². The average Bonchev–Trinajstić information content (AvgIpc) is 2.14. The fraction of sp³-hybridized carbons (Fsp3) is 1.00. The molecule has 0 spiro atoms. The van der Waals surface area contributed by atoms with Crippen LogP contribution in [0.25, 0.3) is 0 Å². The molecule has 0 aliphatic carbocycles. The van der Waals surface area contributed by atoms with Crippen molar-refractivity contribution in [1.29, 1.82) is 0 Å². The van der Waals surface area contributed by atoms with Gasteiger partial charge in [-0.15, -0.1) is 0 Å². The Bertz CT molecular complexity index is 97.3. The first-order valence-corrected chi connectivity index (χ1v) is 6.90. The van der Waals surface area contributed by atoms with E-state index in [-0.39, 0.29) is 0 Å². The summed E-state index contributed by atoms with van der Waals surface area (Å²) in [7, 11) is 6.60. The third kappa shape index (κ3) is 3.98. The molecule has 12 heavy (non-hydrogen) atoms. The first-order valence-electron chi connectivity index (χ1n) is 3.89. The Balaban J connectivity index is 3.76. The molecule has 5 heteroatoms. The number of hydrogen-bond donors (Lipinski definition) is 0. The van der Waals surface area contributed by atoms with Gasteiger partial charge in [0.05, 0.1) is 0 Å². The molecule has 74 valence electrons. The topological polar surface area (TPSA) is 36.9 Å². The first kappa shape index (κ1) is 12.6. The Morgan fingerprint density at radius 1 is 0.917 bits per heavy atom. The van der Waals surface area contributed by atoms with Crippen molar-refractivity contribution in [1.82, 2.24) is 0 Å². The van der Waals surface area contributed by atoms with Gasteiger partial charge in [-0.05, 0) is 0 Å². The molecule has 0 aromatic carbocycles. The maximum absolute atomic E-state index is 5.27. The fourth-order valence-electron chi connectivity index (χ4n) is 0.989. The molecule has 0 fully saturated rings. The molecule has 0 bridgehead atoms. The van der Waals surface area contributed by atoms with Crippen LogP contribution in [0.4, 0.5) is 0 Å². The van der Waals surface area contributed by atoms with Crippen molar-refractivity contribution in [3.8, 4) is 0 Å². The van der Waals surface area contributed by atoms with E-state index in [1.807, 2.05) is 0 Å². The zero-order valence-electron chi connectivity index (χ0n) is 8.25. The molecule has 0 aliphatic heterocycles. The third-order valence-corrected chi connectivity index (χ3v) is 6.19. The van der Waals surface area contributed by atoms with Crippen LogP contribution in [-0.2, 0) is 32.4 Å². The summed E-state index contributed by atoms with van der Waals surface area (Å²) >= 11 is -2.84. The van der Waals surface area contributed by atoms with Gasteiger partial charge in [-0.3, -0.25) is 0 Å². The van der Waals surface area contributed by atoms with E-state index in [9.17, 15) is 0 Å². The van der Waals surface area contributed by atoms with E-state index in [0.29, 0.717) is 0 Å². The van der Waals surface area contributed by atoms with Gasteiger partial charge in [-0.25, -0.2) is 0 Å². The summed E-state index contributed by atoms with van der Waals surface area (Å²) in [6, 6.07) is 0. The standard InChI is InChI=1S/C4H9O.3CH3O.Ti/c1-3-4-5-2;3*1-2;/h1,3-4H2,2H3;3*1H3;/q;3*-1;+3. The Labute approximate surface area is 78.9 Å². The zero-order valence-corrected chi connectivity index (χ0v) is 9.82. The zero-order chi connectivity index (χ0) is 9.45. The normalized spacial score (nSPS) is 12.0. The number of rotatable bonds is 7. The first-order chi connectivity index (χ1) is 5.74. The second-order valence-electron chi connectivity index (χ2n) is 2.39. The monoisotopic (exact) mass is 214 g/mol. The van der Waals surface area contributed by atoms with E-state index in [1.165, 1.54) is 0 Å². The molecule has 0 N–H and O–H groups in total. The molecule has 0 saturated carbocycles. The van der Waals surface area contributed by atoms with Crippen LogP contribution in [0.1, 0.15) is 6.42 Å². The minimum absolute atomic E-state index is 0.725. The summed E-state index contributed by atoms with van der Waals surface area (Å²) in [4.78, 5) is 0. The van der Waals surface area contributed by atoms with Gasteiger partial charge in [0.15, 0.2) is 0 Å². The Kier molecular flexibility index (Phi) is 7.33. The van der Waals surface area contributed by atoms with Crippen molar-refractivity contribution >= 4 is 0 Å². The van der Waals surface area contributed by atoms with Crippen LogP contribution in [0.5, 0.6) is 0 Å². The van der Waals surface area contributed by atoms with Crippen LogP contribution in [0.15, 0.2) is 0 Å². The van der Waals surface area contributed by atoms with Crippen molar-refractivity contribution < 1.29 is 32.4 Å². The van der Waals surface area contributed by atoms with Crippen molar-refractivity contribution in [3.05, 3.63) is 0 Å². The third-order valence-electron chi connectivity index (χ3n) is 1.76. The van der Waals surface area contributed by atoms with E-state index < -0.39 is 17.8 Å². The molecule has 0 atom stereocenters. The summed E-state index contributed by atoms with van der Waals surface area (Å²) in [6.07, 6.45) is 0.923. The Morgan fingerprint density at radius 2 is 1.42 bits per heavy atom. The quantitative estimate of drug-likeness (QED) is 0.472. The molecule has 4 nitrogen and oxygen atoms in total. The van der Waals surface area contributed by atoms with Crippen LogP contribution >= 0.6 is 0 Å². The maximum atomic E-state index is 5.27. The average molecular weight is 214 g/mol. The molecule has 0 radical (unpaired) electrons. The van der Waals surface area contributed by atoms with Crippen LogP contribution in [0.3, 0.4) is 0 Å². The van der Waals surface area contributed by atoms with Gasteiger partial charge in [-0.1, -0.05) is 0 Å². The predicted molar refractivity (Wildman–Crippen MR) is 42.3 cm³/mol. The van der Waals surface area contributed by atoms with E-state index in [2.05, 4.69) is 0 Å². The number of ether oxygens (including phenoxy) is 1. The van der Waals surface area contributed by atoms with Crippen molar-refractivity contribution in [2.45, 2.75) is 11.1 Å². The number of hydrogen-bond acceptors (Lipinski definition) is 4. The second kappa shape index (κ2) is 7.01. The molecular formula is C7H18O4Ti. The fourth-order valence-corrected chi connectivity index (χ4v) is 3.63. The molecule has 0 amide bonds. The summed E-state index contributed by atoms with van der Waals surface area (Å²) < 4.78 is 21.6. The van der Waals surface area contributed by atoms with Gasteiger partial charge in [0, 0.05) is 0 Å². The van der Waals surface area contributed by atoms with Crippen LogP contribution in [0.2, 0.25) is 4.73 Å². The SMILES string of the molecule is COCC[CH2][Ti]([O]C)([O]C)[O]C. The van der Waals surface area contributed by atoms with E-state index in [0.717, 1.165) is 17.8 Å². The second-order valence-corrected chi connectivity index (χ2v) is 7.22. The molecule has 0 rings (SSSR count). The van der Waals surface area contributed by atoms with Crippen LogP contribution in [0, 0.1) is 0 Å². The van der Waals surface area contributed by atoms with Crippen molar-refractivity contribution in [2.24, 2.45) is 0 Å². The van der Waals surface area contributed by atoms with Gasteiger partial charge in [0.1, 0.15) is 0 Å². The minimum atomic E-state index is -2.84. The number of methoxy groups -OCH3 is 1. The van der Waals surface area contributed by atoms with E-state index >= 15 is 0 Å². The van der Waals surface area contributed by atoms with E-state index in [1.54, 1.807) is 28.4 Å². The van der Waals surface area contributed by atoms with Gasteiger partial charge in [-0.2, -0.15) is 0 Å². The molecule has 0 heterocycles. The van der Waals surface area contributed by atoms with Gasteiger partial charge in [0.2, 0.25) is 0 Å². The molecule has 0 aliphatic rings.